The van der Waals surface area contributed by atoms with Crippen LogP contribution in [0, 0.1) is 0 Å². The summed E-state index contributed by atoms with van der Waals surface area (Å²) in [5.74, 6) is 1.07. The Labute approximate surface area is 171 Å². The van der Waals surface area contributed by atoms with Crippen molar-refractivity contribution in [3.63, 3.8) is 0 Å². The van der Waals surface area contributed by atoms with Gasteiger partial charge >= 0.3 is 0 Å². The van der Waals surface area contributed by atoms with Crippen LogP contribution >= 0.6 is 0 Å². The molecule has 3 rings (SSSR count). The highest BCUT2D eigenvalue weighted by Gasteiger charge is 2.27. The summed E-state index contributed by atoms with van der Waals surface area (Å²) in [4.78, 5) is 12.7. The van der Waals surface area contributed by atoms with Crippen LogP contribution < -0.4 is 14.8 Å². The summed E-state index contributed by atoms with van der Waals surface area (Å²) in [6, 6.07) is 13.1. The second-order valence-corrected chi connectivity index (χ2v) is 8.94. The molecular formula is C21H26N2O5S. The predicted molar refractivity (Wildman–Crippen MR) is 110 cm³/mol. The fraction of sp³-hybridized carbons (Fsp3) is 0.381. The number of carbonyl (C=O) groups excluding carboxylic acids is 1. The van der Waals surface area contributed by atoms with Gasteiger partial charge in [-0.25, -0.2) is 8.42 Å². The van der Waals surface area contributed by atoms with Gasteiger partial charge in [0.2, 0.25) is 10.0 Å². The Morgan fingerprint density at radius 1 is 1.10 bits per heavy atom. The third-order valence-electron chi connectivity index (χ3n) is 4.74. The molecule has 8 heteroatoms. The first-order valence-corrected chi connectivity index (χ1v) is 11.0. The molecule has 1 fully saturated rings. The molecule has 1 amide bonds. The van der Waals surface area contributed by atoms with Gasteiger partial charge in [0.1, 0.15) is 18.1 Å². The molecule has 0 aliphatic carbocycles. The molecule has 0 spiro atoms. The quantitative estimate of drug-likeness (QED) is 0.712. The average molecular weight is 419 g/mol. The second-order valence-electron chi connectivity index (χ2n) is 7.00. The first-order chi connectivity index (χ1) is 13.9. The molecule has 0 aromatic heterocycles. The zero-order chi connectivity index (χ0) is 20.9. The van der Waals surface area contributed by atoms with Gasteiger partial charge in [0, 0.05) is 18.7 Å². The number of nitrogens with one attached hydrogen (secondary N) is 1. The summed E-state index contributed by atoms with van der Waals surface area (Å²) in [6.45, 7) is 3.16. The lowest BCUT2D eigenvalue weighted by Crippen LogP contribution is -2.37. The van der Waals surface area contributed by atoms with Gasteiger partial charge in [-0.3, -0.25) is 4.79 Å². The Kier molecular flexibility index (Phi) is 6.76. The Hall–Kier alpha value is -2.58. The highest BCUT2D eigenvalue weighted by atomic mass is 32.2. The van der Waals surface area contributed by atoms with Crippen molar-refractivity contribution in [1.29, 1.82) is 0 Å². The van der Waals surface area contributed by atoms with E-state index in [-0.39, 0.29) is 23.5 Å². The van der Waals surface area contributed by atoms with Gasteiger partial charge in [0.15, 0.2) is 0 Å². The average Bonchev–Trinajstić information content (AvgIpc) is 3.28. The minimum absolute atomic E-state index is 0.147. The fourth-order valence-corrected chi connectivity index (χ4v) is 4.68. The van der Waals surface area contributed by atoms with Crippen LogP contribution in [0.5, 0.6) is 11.5 Å². The smallest absolute Gasteiger partial charge is 0.251 e. The molecular weight excluding hydrogens is 392 g/mol. The number of hydrogen-bond acceptors (Lipinski definition) is 5. The Morgan fingerprint density at radius 3 is 2.41 bits per heavy atom. The van der Waals surface area contributed by atoms with Crippen molar-refractivity contribution in [2.24, 2.45) is 0 Å². The monoisotopic (exact) mass is 418 g/mol. The summed E-state index contributed by atoms with van der Waals surface area (Å²) in [5.41, 5.74) is 0.307. The van der Waals surface area contributed by atoms with Crippen LogP contribution in [-0.2, 0) is 10.0 Å². The zero-order valence-electron chi connectivity index (χ0n) is 16.6. The SMILES string of the molecule is COc1ccc(OC[C@@H](C)NC(=O)c2cccc(S(=O)(=O)N3CCCC3)c2)cc1. The van der Waals surface area contributed by atoms with Crippen molar-refractivity contribution >= 4 is 15.9 Å². The summed E-state index contributed by atoms with van der Waals surface area (Å²) in [6.07, 6.45) is 1.73. The van der Waals surface area contributed by atoms with Crippen molar-refractivity contribution in [3.05, 3.63) is 54.1 Å². The van der Waals surface area contributed by atoms with Gasteiger partial charge in [-0.1, -0.05) is 6.07 Å². The van der Waals surface area contributed by atoms with Gasteiger partial charge in [0.05, 0.1) is 18.0 Å². The topological polar surface area (TPSA) is 84.9 Å². The van der Waals surface area contributed by atoms with Crippen molar-refractivity contribution in [2.45, 2.75) is 30.7 Å². The lowest BCUT2D eigenvalue weighted by Gasteiger charge is -2.17. The van der Waals surface area contributed by atoms with Crippen LogP contribution in [0.2, 0.25) is 0 Å². The number of ether oxygens (including phenoxy) is 2. The molecule has 0 unspecified atom stereocenters. The first-order valence-electron chi connectivity index (χ1n) is 9.58. The summed E-state index contributed by atoms with van der Waals surface area (Å²) >= 11 is 0. The molecule has 1 aliphatic rings. The second kappa shape index (κ2) is 9.28. The van der Waals surface area contributed by atoms with E-state index in [2.05, 4.69) is 5.32 Å². The van der Waals surface area contributed by atoms with E-state index in [1.807, 2.05) is 6.92 Å². The van der Waals surface area contributed by atoms with Gasteiger partial charge in [0.25, 0.3) is 5.91 Å². The van der Waals surface area contributed by atoms with Crippen molar-refractivity contribution in [1.82, 2.24) is 9.62 Å². The Morgan fingerprint density at radius 2 is 1.76 bits per heavy atom. The minimum atomic E-state index is -3.56. The Balaban J connectivity index is 1.59. The van der Waals surface area contributed by atoms with Crippen LogP contribution in [0.4, 0.5) is 0 Å². The van der Waals surface area contributed by atoms with Crippen LogP contribution in [0.1, 0.15) is 30.1 Å². The molecule has 0 saturated carbocycles. The van der Waals surface area contributed by atoms with Gasteiger partial charge < -0.3 is 14.8 Å². The molecule has 0 radical (unpaired) electrons. The normalized spacial score (nSPS) is 15.7. The first kappa shape index (κ1) is 21.1. The lowest BCUT2D eigenvalue weighted by atomic mass is 10.2. The molecule has 2 aromatic carbocycles. The maximum Gasteiger partial charge on any atom is 0.251 e. The number of nitrogens with zero attached hydrogens (tertiary/aromatic N) is 1. The van der Waals surface area contributed by atoms with Crippen LogP contribution in [0.3, 0.4) is 0 Å². The van der Waals surface area contributed by atoms with E-state index in [0.717, 1.165) is 18.6 Å². The van der Waals surface area contributed by atoms with Gasteiger partial charge in [-0.05, 0) is 62.2 Å². The van der Waals surface area contributed by atoms with E-state index < -0.39 is 10.0 Å². The fourth-order valence-electron chi connectivity index (χ4n) is 3.12. The molecule has 29 heavy (non-hydrogen) atoms. The number of sulfonamides is 1. The van der Waals surface area contributed by atoms with Crippen molar-refractivity contribution in [3.8, 4) is 11.5 Å². The van der Waals surface area contributed by atoms with Crippen LogP contribution in [0.15, 0.2) is 53.4 Å². The molecule has 1 saturated heterocycles. The standard InChI is InChI=1S/C21H26N2O5S/c1-16(15-28-19-10-8-18(27-2)9-11-19)22-21(24)17-6-5-7-20(14-17)29(25,26)23-12-3-4-13-23/h5-11,14,16H,3-4,12-13,15H2,1-2H3,(H,22,24)/t16-/m1/s1. The summed E-state index contributed by atoms with van der Waals surface area (Å²) in [5, 5.41) is 2.84. The highest BCUT2D eigenvalue weighted by Crippen LogP contribution is 2.21. The Bertz CT molecular complexity index is 938. The van der Waals surface area contributed by atoms with E-state index in [1.165, 1.54) is 16.4 Å². The highest BCUT2D eigenvalue weighted by molar-refractivity contribution is 7.89. The predicted octanol–water partition coefficient (Wildman–Crippen LogP) is 2.68. The number of hydrogen-bond donors (Lipinski definition) is 1. The van der Waals surface area contributed by atoms with E-state index in [0.29, 0.717) is 24.4 Å². The molecule has 156 valence electrons. The van der Waals surface area contributed by atoms with Crippen LogP contribution in [-0.4, -0.2) is 51.5 Å². The summed E-state index contributed by atoms with van der Waals surface area (Å²) < 4.78 is 37.7. The molecule has 1 N–H and O–H groups in total. The number of amides is 1. The maximum atomic E-state index is 12.7. The molecule has 1 atom stereocenters. The van der Waals surface area contributed by atoms with Gasteiger partial charge in [-0.2, -0.15) is 4.31 Å². The third kappa shape index (κ3) is 5.27. The van der Waals surface area contributed by atoms with Crippen LogP contribution in [0.25, 0.3) is 0 Å². The zero-order valence-corrected chi connectivity index (χ0v) is 17.4. The molecule has 0 bridgehead atoms. The number of benzene rings is 2. The number of methoxy groups -OCH3 is 1. The molecule has 7 nitrogen and oxygen atoms in total. The minimum Gasteiger partial charge on any atom is -0.497 e. The number of carbonyl (C=O) groups is 1. The van der Waals surface area contributed by atoms with Crippen molar-refractivity contribution in [2.75, 3.05) is 26.8 Å². The van der Waals surface area contributed by atoms with Gasteiger partial charge in [-0.15, -0.1) is 0 Å². The number of rotatable bonds is 8. The van der Waals surface area contributed by atoms with E-state index in [9.17, 15) is 13.2 Å². The molecule has 1 heterocycles. The third-order valence-corrected chi connectivity index (χ3v) is 6.63. The van der Waals surface area contributed by atoms with E-state index >= 15 is 0 Å². The van der Waals surface area contributed by atoms with E-state index in [1.54, 1.807) is 43.5 Å². The van der Waals surface area contributed by atoms with E-state index in [4.69, 9.17) is 9.47 Å². The maximum absolute atomic E-state index is 12.7. The van der Waals surface area contributed by atoms with Crippen molar-refractivity contribution < 1.29 is 22.7 Å². The summed E-state index contributed by atoms with van der Waals surface area (Å²) in [7, 11) is -1.96. The lowest BCUT2D eigenvalue weighted by molar-refractivity contribution is 0.0926. The largest absolute Gasteiger partial charge is 0.497 e. The molecule has 1 aliphatic heterocycles. The molecule has 2 aromatic rings.